The Morgan fingerprint density at radius 3 is 2.61 bits per heavy atom. The van der Waals surface area contributed by atoms with Crippen molar-refractivity contribution in [1.29, 1.82) is 0 Å². The van der Waals surface area contributed by atoms with Crippen LogP contribution in [-0.2, 0) is 12.8 Å². The first-order valence-corrected chi connectivity index (χ1v) is 10.3. The summed E-state index contributed by atoms with van der Waals surface area (Å²) in [5.74, 6) is -0.342. The van der Waals surface area contributed by atoms with E-state index in [-0.39, 0.29) is 5.76 Å². The third-order valence-corrected chi connectivity index (χ3v) is 6.62. The Morgan fingerprint density at radius 1 is 1.07 bits per heavy atom. The highest BCUT2D eigenvalue weighted by molar-refractivity contribution is 7.17. The van der Waals surface area contributed by atoms with E-state index in [1.165, 1.54) is 11.3 Å². The van der Waals surface area contributed by atoms with Gasteiger partial charge < -0.3 is 15.5 Å². The molecule has 0 radical (unpaired) electrons. The molecule has 2 aromatic heterocycles. The zero-order chi connectivity index (χ0) is 19.8. The van der Waals surface area contributed by atoms with Gasteiger partial charge in [0.2, 0.25) is 0 Å². The summed E-state index contributed by atoms with van der Waals surface area (Å²) in [5.41, 5.74) is 7.67. The van der Waals surface area contributed by atoms with Gasteiger partial charge in [-0.05, 0) is 61.6 Å². The summed E-state index contributed by atoms with van der Waals surface area (Å²) < 4.78 is 5.68. The summed E-state index contributed by atoms with van der Waals surface area (Å²) in [6.07, 6.45) is 3.80. The Bertz CT molecular complexity index is 1090. The van der Waals surface area contributed by atoms with Gasteiger partial charge in [0.1, 0.15) is 10.8 Å². The van der Waals surface area contributed by atoms with Gasteiger partial charge in [-0.2, -0.15) is 0 Å². The first-order chi connectivity index (χ1) is 13.4. The summed E-state index contributed by atoms with van der Waals surface area (Å²) in [6, 6.07) is 8.35. The van der Waals surface area contributed by atoms with Gasteiger partial charge in [-0.25, -0.2) is 0 Å². The molecule has 0 fully saturated rings. The van der Waals surface area contributed by atoms with Crippen LogP contribution in [-0.4, -0.2) is 11.8 Å². The lowest BCUT2D eigenvalue weighted by Crippen LogP contribution is -2.18. The van der Waals surface area contributed by atoms with E-state index in [1.807, 2.05) is 0 Å². The summed E-state index contributed by atoms with van der Waals surface area (Å²) in [5, 5.41) is 4.11. The summed E-state index contributed by atoms with van der Waals surface area (Å²) in [4.78, 5) is 25.7. The molecule has 8 heteroatoms. The van der Waals surface area contributed by atoms with E-state index in [2.05, 4.69) is 5.32 Å². The van der Waals surface area contributed by atoms with Gasteiger partial charge >= 0.3 is 0 Å². The third-order valence-electron chi connectivity index (χ3n) is 4.68. The highest BCUT2D eigenvalue weighted by atomic mass is 35.5. The number of aryl methyl sites for hydroxylation is 1. The summed E-state index contributed by atoms with van der Waals surface area (Å²) >= 11 is 13.4. The Hall–Kier alpha value is -2.28. The van der Waals surface area contributed by atoms with Gasteiger partial charge in [0.25, 0.3) is 11.8 Å². The maximum atomic E-state index is 12.7. The van der Waals surface area contributed by atoms with Crippen LogP contribution in [0.25, 0.3) is 11.3 Å². The van der Waals surface area contributed by atoms with Crippen LogP contribution in [0.15, 0.2) is 34.7 Å². The van der Waals surface area contributed by atoms with Crippen LogP contribution in [0.2, 0.25) is 10.0 Å². The minimum Gasteiger partial charge on any atom is -0.451 e. The van der Waals surface area contributed by atoms with Crippen LogP contribution in [0, 0.1) is 0 Å². The molecule has 1 aliphatic rings. The Kier molecular flexibility index (Phi) is 5.19. The second-order valence-electron chi connectivity index (χ2n) is 6.53. The molecule has 144 valence electrons. The minimum atomic E-state index is -0.523. The van der Waals surface area contributed by atoms with Gasteiger partial charge in [-0.3, -0.25) is 9.59 Å². The molecule has 1 aromatic carbocycles. The zero-order valence-electron chi connectivity index (χ0n) is 14.7. The Morgan fingerprint density at radius 2 is 1.86 bits per heavy atom. The number of carbonyl (C=O) groups excluding carboxylic acids is 2. The fourth-order valence-electron chi connectivity index (χ4n) is 3.34. The lowest BCUT2D eigenvalue weighted by molar-refractivity contribution is 0.0998. The van der Waals surface area contributed by atoms with Crippen molar-refractivity contribution in [3.8, 4) is 11.3 Å². The van der Waals surface area contributed by atoms with E-state index in [9.17, 15) is 9.59 Å². The number of anilines is 1. The molecule has 0 saturated carbocycles. The number of fused-ring (bicyclic) bond motifs is 1. The fourth-order valence-corrected chi connectivity index (χ4v) is 4.93. The monoisotopic (exact) mass is 434 g/mol. The number of rotatable bonds is 4. The molecule has 1 aliphatic carbocycles. The number of nitrogens with one attached hydrogen (secondary N) is 1. The average molecular weight is 435 g/mol. The van der Waals surface area contributed by atoms with Crippen molar-refractivity contribution < 1.29 is 14.0 Å². The standard InChI is InChI=1S/C20H16Cl2N2O3S/c21-12-6-5-10(9-13(12)22)14-7-8-15(27-14)19(26)24-20-17(18(23)25)11-3-1-2-4-16(11)28-20/h5-9H,1-4H2,(H2,23,25)(H,24,26). The molecule has 4 rings (SSSR count). The maximum Gasteiger partial charge on any atom is 0.292 e. The molecule has 0 bridgehead atoms. The quantitative estimate of drug-likeness (QED) is 0.564. The molecule has 2 heterocycles. The molecule has 3 aromatic rings. The molecule has 28 heavy (non-hydrogen) atoms. The van der Waals surface area contributed by atoms with Crippen molar-refractivity contribution in [3.63, 3.8) is 0 Å². The molecule has 0 aliphatic heterocycles. The molecule has 3 N–H and O–H groups in total. The highest BCUT2D eigenvalue weighted by Crippen LogP contribution is 2.38. The zero-order valence-corrected chi connectivity index (χ0v) is 17.0. The van der Waals surface area contributed by atoms with Crippen molar-refractivity contribution in [2.24, 2.45) is 5.73 Å². The van der Waals surface area contributed by atoms with Crippen LogP contribution in [0.3, 0.4) is 0 Å². The predicted molar refractivity (Wildman–Crippen MR) is 112 cm³/mol. The molecule has 0 spiro atoms. The van der Waals surface area contributed by atoms with Crippen LogP contribution in [0.1, 0.15) is 44.2 Å². The van der Waals surface area contributed by atoms with E-state index < -0.39 is 11.8 Å². The second kappa shape index (κ2) is 7.62. The normalized spacial score (nSPS) is 13.2. The first kappa shape index (κ1) is 19.1. The largest absolute Gasteiger partial charge is 0.451 e. The lowest BCUT2D eigenvalue weighted by Gasteiger charge is -2.11. The number of hydrogen-bond acceptors (Lipinski definition) is 4. The number of benzene rings is 1. The van der Waals surface area contributed by atoms with E-state index >= 15 is 0 Å². The van der Waals surface area contributed by atoms with Crippen LogP contribution >= 0.6 is 34.5 Å². The number of hydrogen-bond donors (Lipinski definition) is 2. The SMILES string of the molecule is NC(=O)c1c(NC(=O)c2ccc(-c3ccc(Cl)c(Cl)c3)o2)sc2c1CCCC2. The number of thiophene rings is 1. The number of amides is 2. The fraction of sp³-hybridized carbons (Fsp3) is 0.200. The van der Waals surface area contributed by atoms with Crippen LogP contribution in [0.5, 0.6) is 0 Å². The molecule has 0 atom stereocenters. The number of halogens is 2. The smallest absolute Gasteiger partial charge is 0.292 e. The van der Waals surface area contributed by atoms with Crippen molar-refractivity contribution in [2.75, 3.05) is 5.32 Å². The van der Waals surface area contributed by atoms with E-state index in [1.54, 1.807) is 30.3 Å². The van der Waals surface area contributed by atoms with Crippen LogP contribution in [0.4, 0.5) is 5.00 Å². The summed E-state index contributed by atoms with van der Waals surface area (Å²) in [6.45, 7) is 0. The third kappa shape index (κ3) is 3.55. The first-order valence-electron chi connectivity index (χ1n) is 8.75. The number of primary amides is 1. The van der Waals surface area contributed by atoms with Gasteiger partial charge in [-0.1, -0.05) is 23.2 Å². The van der Waals surface area contributed by atoms with Crippen molar-refractivity contribution >= 4 is 51.4 Å². The molecule has 0 unspecified atom stereocenters. The molecule has 0 saturated heterocycles. The molecule has 2 amide bonds. The lowest BCUT2D eigenvalue weighted by atomic mass is 9.95. The highest BCUT2D eigenvalue weighted by Gasteiger charge is 2.25. The predicted octanol–water partition coefficient (Wildman–Crippen LogP) is 5.54. The maximum absolute atomic E-state index is 12.7. The Labute approximate surface area is 175 Å². The van der Waals surface area contributed by atoms with Gasteiger partial charge in [-0.15, -0.1) is 11.3 Å². The van der Waals surface area contributed by atoms with Gasteiger partial charge in [0.15, 0.2) is 5.76 Å². The van der Waals surface area contributed by atoms with E-state index in [0.717, 1.165) is 36.1 Å². The molecular formula is C20H16Cl2N2O3S. The van der Waals surface area contributed by atoms with Crippen molar-refractivity contribution in [3.05, 3.63) is 62.1 Å². The number of carbonyl (C=O) groups is 2. The second-order valence-corrected chi connectivity index (χ2v) is 8.45. The van der Waals surface area contributed by atoms with E-state index in [4.69, 9.17) is 33.4 Å². The minimum absolute atomic E-state index is 0.128. The van der Waals surface area contributed by atoms with Crippen molar-refractivity contribution in [1.82, 2.24) is 0 Å². The number of nitrogens with two attached hydrogens (primary N) is 1. The molecule has 5 nitrogen and oxygen atoms in total. The van der Waals surface area contributed by atoms with Gasteiger partial charge in [0.05, 0.1) is 15.6 Å². The van der Waals surface area contributed by atoms with E-state index in [0.29, 0.717) is 31.9 Å². The Balaban J connectivity index is 1.60. The number of furan rings is 1. The summed E-state index contributed by atoms with van der Waals surface area (Å²) in [7, 11) is 0. The van der Waals surface area contributed by atoms with Gasteiger partial charge in [0, 0.05) is 10.4 Å². The topological polar surface area (TPSA) is 85.3 Å². The average Bonchev–Trinajstić information content (AvgIpc) is 3.28. The van der Waals surface area contributed by atoms with Crippen molar-refractivity contribution in [2.45, 2.75) is 25.7 Å². The molecular weight excluding hydrogens is 419 g/mol. The van der Waals surface area contributed by atoms with Crippen LogP contribution < -0.4 is 11.1 Å².